The van der Waals surface area contributed by atoms with Gasteiger partial charge in [0.15, 0.2) is 0 Å². The number of anilines is 3. The molecular weight excluding hydrogens is 230 g/mol. The van der Waals surface area contributed by atoms with E-state index in [1.807, 2.05) is 13.0 Å². The van der Waals surface area contributed by atoms with Gasteiger partial charge in [0.05, 0.1) is 17.4 Å². The summed E-state index contributed by atoms with van der Waals surface area (Å²) in [6, 6.07) is 8.29. The molecule has 0 aliphatic rings. The number of hydrogen-bond donors (Lipinski definition) is 3. The first kappa shape index (κ1) is 11.9. The highest BCUT2D eigenvalue weighted by Crippen LogP contribution is 2.18. The summed E-state index contributed by atoms with van der Waals surface area (Å²) >= 11 is 0. The van der Waals surface area contributed by atoms with E-state index in [2.05, 4.69) is 10.3 Å². The van der Waals surface area contributed by atoms with Crippen LogP contribution in [0.25, 0.3) is 0 Å². The molecule has 0 aliphatic heterocycles. The Labute approximate surface area is 104 Å². The number of carboxylic acid groups (broad SMARTS) is 1. The predicted octanol–water partition coefficient (Wildman–Crippen LogP) is 2.41. The van der Waals surface area contributed by atoms with E-state index in [9.17, 15) is 4.79 Å². The number of aromatic nitrogens is 1. The van der Waals surface area contributed by atoms with Gasteiger partial charge in [-0.05, 0) is 42.8 Å². The molecule has 1 aromatic heterocycles. The third-order valence-electron chi connectivity index (χ3n) is 2.56. The van der Waals surface area contributed by atoms with Crippen molar-refractivity contribution in [2.24, 2.45) is 0 Å². The van der Waals surface area contributed by atoms with Gasteiger partial charge in [0.1, 0.15) is 5.82 Å². The number of nitrogens with two attached hydrogens (primary N) is 1. The summed E-state index contributed by atoms with van der Waals surface area (Å²) < 4.78 is 0. The van der Waals surface area contributed by atoms with Crippen molar-refractivity contribution >= 4 is 23.2 Å². The van der Waals surface area contributed by atoms with E-state index in [0.29, 0.717) is 11.5 Å². The molecule has 0 amide bonds. The van der Waals surface area contributed by atoms with Gasteiger partial charge in [0.2, 0.25) is 0 Å². The van der Waals surface area contributed by atoms with Crippen LogP contribution < -0.4 is 11.1 Å². The zero-order valence-electron chi connectivity index (χ0n) is 9.84. The van der Waals surface area contributed by atoms with Crippen LogP contribution in [0.4, 0.5) is 17.2 Å². The highest BCUT2D eigenvalue weighted by molar-refractivity contribution is 5.88. The van der Waals surface area contributed by atoms with E-state index in [0.717, 1.165) is 11.3 Å². The van der Waals surface area contributed by atoms with Crippen molar-refractivity contribution in [3.8, 4) is 0 Å². The van der Waals surface area contributed by atoms with E-state index in [1.54, 1.807) is 18.3 Å². The molecule has 5 heteroatoms. The normalized spacial score (nSPS) is 10.1. The number of benzene rings is 1. The lowest BCUT2D eigenvalue weighted by Crippen LogP contribution is -1.99. The van der Waals surface area contributed by atoms with Crippen LogP contribution in [0.15, 0.2) is 36.5 Å². The molecule has 0 saturated heterocycles. The Hall–Kier alpha value is -2.56. The van der Waals surface area contributed by atoms with E-state index in [-0.39, 0.29) is 5.56 Å². The Kier molecular flexibility index (Phi) is 3.14. The van der Waals surface area contributed by atoms with E-state index >= 15 is 0 Å². The maximum absolute atomic E-state index is 10.7. The van der Waals surface area contributed by atoms with Crippen molar-refractivity contribution in [3.63, 3.8) is 0 Å². The summed E-state index contributed by atoms with van der Waals surface area (Å²) in [5.41, 5.74) is 8.29. The molecule has 92 valence electrons. The molecule has 0 atom stereocenters. The first-order valence-corrected chi connectivity index (χ1v) is 5.39. The molecule has 4 N–H and O–H groups in total. The van der Waals surface area contributed by atoms with Crippen LogP contribution in [0, 0.1) is 6.92 Å². The maximum atomic E-state index is 10.7. The number of aromatic carboxylic acids is 1. The minimum absolute atomic E-state index is 0.252. The second kappa shape index (κ2) is 4.75. The van der Waals surface area contributed by atoms with Crippen LogP contribution in [-0.4, -0.2) is 16.1 Å². The van der Waals surface area contributed by atoms with Crippen molar-refractivity contribution in [1.82, 2.24) is 4.98 Å². The van der Waals surface area contributed by atoms with Crippen LogP contribution in [0.5, 0.6) is 0 Å². The SMILES string of the molecule is Cc1cc(Nc2ccc(C(=O)O)cc2)ncc1N. The average Bonchev–Trinajstić information content (AvgIpc) is 2.34. The number of aryl methyl sites for hydroxylation is 1. The quantitative estimate of drug-likeness (QED) is 0.770. The number of nitrogens with zero attached hydrogens (tertiary/aromatic N) is 1. The highest BCUT2D eigenvalue weighted by atomic mass is 16.4. The van der Waals surface area contributed by atoms with Gasteiger partial charge in [-0.15, -0.1) is 0 Å². The second-order valence-corrected chi connectivity index (χ2v) is 3.93. The fourth-order valence-electron chi connectivity index (χ4n) is 1.48. The zero-order chi connectivity index (χ0) is 13.1. The minimum atomic E-state index is -0.942. The summed E-state index contributed by atoms with van der Waals surface area (Å²) in [5, 5.41) is 11.9. The number of carboxylic acids is 1. The molecule has 0 saturated carbocycles. The molecule has 0 radical (unpaired) electrons. The standard InChI is InChI=1S/C13H13N3O2/c1-8-6-12(15-7-11(8)14)16-10-4-2-9(3-5-10)13(17)18/h2-7H,14H2,1H3,(H,15,16)(H,17,18). The van der Waals surface area contributed by atoms with Gasteiger partial charge < -0.3 is 16.2 Å². The molecule has 0 aliphatic carbocycles. The summed E-state index contributed by atoms with van der Waals surface area (Å²) in [6.45, 7) is 1.90. The number of nitrogens with one attached hydrogen (secondary N) is 1. The molecule has 1 heterocycles. The topological polar surface area (TPSA) is 88.2 Å². The summed E-state index contributed by atoms with van der Waals surface area (Å²) in [7, 11) is 0. The fraction of sp³-hybridized carbons (Fsp3) is 0.0769. The molecule has 0 fully saturated rings. The van der Waals surface area contributed by atoms with Gasteiger partial charge in [-0.2, -0.15) is 0 Å². The first-order chi connectivity index (χ1) is 8.56. The first-order valence-electron chi connectivity index (χ1n) is 5.39. The number of hydrogen-bond acceptors (Lipinski definition) is 4. The Morgan fingerprint density at radius 3 is 2.56 bits per heavy atom. The third-order valence-corrected chi connectivity index (χ3v) is 2.56. The van der Waals surface area contributed by atoms with E-state index in [1.165, 1.54) is 12.1 Å². The van der Waals surface area contributed by atoms with E-state index in [4.69, 9.17) is 10.8 Å². The number of pyridine rings is 1. The highest BCUT2D eigenvalue weighted by Gasteiger charge is 2.03. The lowest BCUT2D eigenvalue weighted by atomic mass is 10.2. The van der Waals surface area contributed by atoms with Crippen LogP contribution in [-0.2, 0) is 0 Å². The second-order valence-electron chi connectivity index (χ2n) is 3.93. The van der Waals surface area contributed by atoms with Gasteiger partial charge in [-0.3, -0.25) is 0 Å². The van der Waals surface area contributed by atoms with Crippen molar-refractivity contribution in [3.05, 3.63) is 47.7 Å². The van der Waals surface area contributed by atoms with Crippen LogP contribution in [0.3, 0.4) is 0 Å². The van der Waals surface area contributed by atoms with Gasteiger partial charge in [-0.25, -0.2) is 9.78 Å². The summed E-state index contributed by atoms with van der Waals surface area (Å²) in [6.07, 6.45) is 1.59. The van der Waals surface area contributed by atoms with Crippen molar-refractivity contribution in [1.29, 1.82) is 0 Å². The van der Waals surface area contributed by atoms with Crippen molar-refractivity contribution in [2.75, 3.05) is 11.1 Å². The summed E-state index contributed by atoms with van der Waals surface area (Å²) in [4.78, 5) is 14.8. The molecule has 2 rings (SSSR count). The third kappa shape index (κ3) is 2.57. The predicted molar refractivity (Wildman–Crippen MR) is 70.1 cm³/mol. The maximum Gasteiger partial charge on any atom is 0.335 e. The number of nitrogen functional groups attached to an aromatic ring is 1. The fourth-order valence-corrected chi connectivity index (χ4v) is 1.48. The van der Waals surface area contributed by atoms with E-state index < -0.39 is 5.97 Å². The van der Waals surface area contributed by atoms with Gasteiger partial charge >= 0.3 is 5.97 Å². The lowest BCUT2D eigenvalue weighted by molar-refractivity contribution is 0.0697. The zero-order valence-corrected chi connectivity index (χ0v) is 9.84. The van der Waals surface area contributed by atoms with Gasteiger partial charge in [0.25, 0.3) is 0 Å². The smallest absolute Gasteiger partial charge is 0.335 e. The van der Waals surface area contributed by atoms with Crippen LogP contribution in [0.1, 0.15) is 15.9 Å². The molecule has 0 unspecified atom stereocenters. The molecule has 2 aromatic rings. The Morgan fingerprint density at radius 1 is 1.33 bits per heavy atom. The monoisotopic (exact) mass is 243 g/mol. The Morgan fingerprint density at radius 2 is 2.00 bits per heavy atom. The minimum Gasteiger partial charge on any atom is -0.478 e. The van der Waals surface area contributed by atoms with Crippen LogP contribution >= 0.6 is 0 Å². The summed E-state index contributed by atoms with van der Waals surface area (Å²) in [5.74, 6) is -0.271. The number of rotatable bonds is 3. The number of carbonyl (C=O) groups is 1. The molecule has 1 aromatic carbocycles. The molecule has 0 bridgehead atoms. The average molecular weight is 243 g/mol. The van der Waals surface area contributed by atoms with Gasteiger partial charge in [-0.1, -0.05) is 0 Å². The van der Waals surface area contributed by atoms with Crippen molar-refractivity contribution in [2.45, 2.75) is 6.92 Å². The molecule has 5 nitrogen and oxygen atoms in total. The molecule has 0 spiro atoms. The largest absolute Gasteiger partial charge is 0.478 e. The Balaban J connectivity index is 2.18. The lowest BCUT2D eigenvalue weighted by Gasteiger charge is -2.07. The molecule has 18 heavy (non-hydrogen) atoms. The molecular formula is C13H13N3O2. The van der Waals surface area contributed by atoms with Crippen LogP contribution in [0.2, 0.25) is 0 Å². The van der Waals surface area contributed by atoms with Gasteiger partial charge in [0, 0.05) is 5.69 Å². The Bertz CT molecular complexity index is 579. The van der Waals surface area contributed by atoms with Crippen molar-refractivity contribution < 1.29 is 9.90 Å².